The maximum absolute atomic E-state index is 14.9. The van der Waals surface area contributed by atoms with Crippen LogP contribution in [0.2, 0.25) is 0 Å². The van der Waals surface area contributed by atoms with Gasteiger partial charge in [-0.05, 0) is 103 Å². The molecule has 1 saturated heterocycles. The van der Waals surface area contributed by atoms with Gasteiger partial charge < -0.3 is 48.6 Å². The van der Waals surface area contributed by atoms with Crippen LogP contribution in [-0.4, -0.2) is 110 Å². The van der Waals surface area contributed by atoms with Gasteiger partial charge in [0.1, 0.15) is 23.3 Å². The van der Waals surface area contributed by atoms with E-state index in [1.807, 2.05) is 30.3 Å². The molecule has 1 unspecified atom stereocenters. The minimum Gasteiger partial charge on any atom is -0.459 e. The molecule has 13 nitrogen and oxygen atoms in total. The summed E-state index contributed by atoms with van der Waals surface area (Å²) < 4.78 is 39.5. The topological polar surface area (TPSA) is 158 Å². The zero-order valence-electron chi connectivity index (χ0n) is 43.1. The summed E-state index contributed by atoms with van der Waals surface area (Å²) in [7, 11) is 0. The molecule has 2 aliphatic carbocycles. The summed E-state index contributed by atoms with van der Waals surface area (Å²) in [5, 5.41) is 37.0. The molecular formula is C59H84N2O11. The quantitative estimate of drug-likeness (QED) is 0.0311. The number of fused-ring (bicyclic) bond motifs is 3. The number of rotatable bonds is 32. The Balaban J connectivity index is 1.31. The second-order valence-electron chi connectivity index (χ2n) is 20.1. The molecule has 396 valence electrons. The van der Waals surface area contributed by atoms with Gasteiger partial charge in [0.2, 0.25) is 12.1 Å². The third-order valence-electron chi connectivity index (χ3n) is 15.1. The normalized spacial score (nSPS) is 23.9. The first-order valence-electron chi connectivity index (χ1n) is 27.6. The van der Waals surface area contributed by atoms with Crippen LogP contribution in [-0.2, 0) is 23.8 Å². The lowest BCUT2D eigenvalue weighted by Gasteiger charge is -2.59. The van der Waals surface area contributed by atoms with Crippen molar-refractivity contribution in [2.75, 3.05) is 59.4 Å². The number of nitrogens with zero attached hydrogens (tertiary/aromatic N) is 2. The van der Waals surface area contributed by atoms with Crippen LogP contribution < -0.4 is 9.47 Å². The Morgan fingerprint density at radius 1 is 0.819 bits per heavy atom. The summed E-state index contributed by atoms with van der Waals surface area (Å²) in [5.41, 5.74) is 2.58. The molecule has 7 rings (SSSR count). The Bertz CT molecular complexity index is 2170. The fraction of sp³-hybridized carbons (Fsp3) is 0.627. The van der Waals surface area contributed by atoms with Gasteiger partial charge in [0.25, 0.3) is 0 Å². The number of unbranched alkanes of at least 4 members (excludes halogenated alkanes) is 11. The number of hydrogen-bond donors (Lipinski definition) is 3. The Hall–Kier alpha value is -4.50. The molecule has 3 aromatic carbocycles. The average Bonchev–Trinajstić information content (AvgIpc) is 3.40. The largest absolute Gasteiger partial charge is 0.459 e. The molecule has 72 heavy (non-hydrogen) atoms. The van der Waals surface area contributed by atoms with Crippen LogP contribution in [0, 0.1) is 17.8 Å². The number of aliphatic hydroxyl groups is 3. The Kier molecular flexibility index (Phi) is 22.6. The summed E-state index contributed by atoms with van der Waals surface area (Å²) in [6.07, 6.45) is 22.1. The van der Waals surface area contributed by atoms with Crippen LogP contribution in [0.1, 0.15) is 147 Å². The molecule has 1 amide bonds. The fourth-order valence-corrected chi connectivity index (χ4v) is 11.5. The van der Waals surface area contributed by atoms with E-state index in [9.17, 15) is 20.1 Å². The van der Waals surface area contributed by atoms with E-state index < -0.39 is 30.1 Å². The van der Waals surface area contributed by atoms with Crippen LogP contribution in [0.3, 0.4) is 0 Å². The molecule has 0 bridgehead atoms. The molecule has 1 saturated carbocycles. The summed E-state index contributed by atoms with van der Waals surface area (Å²) in [6, 6.07) is 19.5. The lowest BCUT2D eigenvalue weighted by Crippen LogP contribution is -2.70. The van der Waals surface area contributed by atoms with E-state index in [0.29, 0.717) is 48.8 Å². The predicted molar refractivity (Wildman–Crippen MR) is 281 cm³/mol. The van der Waals surface area contributed by atoms with E-state index in [1.54, 1.807) is 11.0 Å². The minimum atomic E-state index is -1.48. The summed E-state index contributed by atoms with van der Waals surface area (Å²) in [5.74, 6) is -0.152. The molecule has 3 aromatic rings. The van der Waals surface area contributed by atoms with E-state index in [1.165, 1.54) is 44.9 Å². The number of aliphatic hydroxyl groups excluding tert-OH is 3. The van der Waals surface area contributed by atoms with Gasteiger partial charge in [-0.25, -0.2) is 4.79 Å². The number of benzene rings is 3. The van der Waals surface area contributed by atoms with Gasteiger partial charge in [-0.3, -0.25) is 4.90 Å². The molecule has 2 aliphatic heterocycles. The van der Waals surface area contributed by atoms with Crippen LogP contribution in [0.4, 0.5) is 4.79 Å². The number of oxime groups is 1. The number of carbonyl (C=O) groups is 1. The number of ether oxygens (including phenoxy) is 6. The third-order valence-corrected chi connectivity index (χ3v) is 15.1. The highest BCUT2D eigenvalue weighted by molar-refractivity contribution is 6.03. The van der Waals surface area contributed by atoms with Gasteiger partial charge in [-0.15, -0.1) is 6.58 Å². The highest BCUT2D eigenvalue weighted by atomic mass is 16.8. The van der Waals surface area contributed by atoms with Crippen molar-refractivity contribution >= 4 is 22.6 Å². The molecular weight excluding hydrogens is 913 g/mol. The Morgan fingerprint density at radius 3 is 2.29 bits per heavy atom. The second kappa shape index (κ2) is 29.4. The van der Waals surface area contributed by atoms with Crippen molar-refractivity contribution in [2.24, 2.45) is 22.9 Å². The van der Waals surface area contributed by atoms with E-state index in [0.717, 1.165) is 79.7 Å². The van der Waals surface area contributed by atoms with Crippen LogP contribution in [0.15, 0.2) is 90.1 Å². The van der Waals surface area contributed by atoms with Gasteiger partial charge >= 0.3 is 6.09 Å². The van der Waals surface area contributed by atoms with Gasteiger partial charge in [0, 0.05) is 44.1 Å². The number of allylic oxidation sites excluding steroid dienone is 1. The molecule has 0 spiro atoms. The van der Waals surface area contributed by atoms with Crippen LogP contribution in [0.25, 0.3) is 10.8 Å². The minimum absolute atomic E-state index is 0.0292. The highest BCUT2D eigenvalue weighted by Crippen LogP contribution is 2.62. The van der Waals surface area contributed by atoms with Crippen molar-refractivity contribution in [1.82, 2.24) is 4.90 Å². The van der Waals surface area contributed by atoms with Gasteiger partial charge in [-0.2, -0.15) is 0 Å². The first kappa shape index (κ1) is 55.3. The van der Waals surface area contributed by atoms with Crippen LogP contribution in [0.5, 0.6) is 17.2 Å². The highest BCUT2D eigenvalue weighted by Gasteiger charge is 2.65. The molecule has 2 fully saturated rings. The maximum Gasteiger partial charge on any atom is 0.410 e. The molecule has 13 heteroatoms. The molecule has 3 N–H and O–H groups in total. The monoisotopic (exact) mass is 997 g/mol. The molecule has 7 atom stereocenters. The zero-order chi connectivity index (χ0) is 50.4. The van der Waals surface area contributed by atoms with E-state index >= 15 is 0 Å². The third kappa shape index (κ3) is 14.6. The first-order chi connectivity index (χ1) is 35.4. The average molecular weight is 997 g/mol. The van der Waals surface area contributed by atoms with Crippen molar-refractivity contribution in [3.8, 4) is 17.2 Å². The van der Waals surface area contributed by atoms with Gasteiger partial charge in [0.15, 0.2) is 0 Å². The standard InChI is InChI=1S/C59H84N2O11/c1-3-5-6-7-8-9-10-11-12-20-37-68-58(65)61(31-38-66-39-34-64)54-43-52(60-72-55-26-17-21-36-67-55)50-41-46(24-15-18-32-62)49(25-16-19-33-63)56-51-42-48(70-47-28-27-44-22-13-14-23-45(44)40-47)29-30-53(51)71-59(54,57(50)56)69-35-4-2/h4,13-14,22-23,27-30,40-42,46,49,54-57,62-64H,2-3,5-12,15-21,24-26,31-39,43H2,1H3/t46-,49+,54-,55?,56+,57+,59+/m0/s1. The number of hydrogen-bond acceptors (Lipinski definition) is 12. The predicted octanol–water partition coefficient (Wildman–Crippen LogP) is 12.2. The Labute approximate surface area is 428 Å². The van der Waals surface area contributed by atoms with E-state index in [2.05, 4.69) is 49.9 Å². The summed E-state index contributed by atoms with van der Waals surface area (Å²) in [6.45, 7) is 7.74. The van der Waals surface area contributed by atoms with Crippen molar-refractivity contribution in [1.29, 1.82) is 0 Å². The number of amides is 1. The van der Waals surface area contributed by atoms with Crippen molar-refractivity contribution in [2.45, 2.75) is 159 Å². The van der Waals surface area contributed by atoms with E-state index in [4.69, 9.17) is 38.4 Å². The van der Waals surface area contributed by atoms with Gasteiger partial charge in [-0.1, -0.05) is 125 Å². The number of carbonyl (C=O) groups excluding carboxylic acids is 1. The van der Waals surface area contributed by atoms with Crippen LogP contribution >= 0.6 is 0 Å². The van der Waals surface area contributed by atoms with Gasteiger partial charge in [0.05, 0.1) is 51.3 Å². The lowest BCUT2D eigenvalue weighted by molar-refractivity contribution is -0.256. The smallest absolute Gasteiger partial charge is 0.410 e. The molecule has 4 aliphatic rings. The summed E-state index contributed by atoms with van der Waals surface area (Å²) >= 11 is 0. The van der Waals surface area contributed by atoms with E-state index in [-0.39, 0.29) is 77.0 Å². The second-order valence-corrected chi connectivity index (χ2v) is 20.1. The lowest BCUT2D eigenvalue weighted by atomic mass is 9.55. The molecule has 0 radical (unpaired) electrons. The fourth-order valence-electron chi connectivity index (χ4n) is 11.5. The Morgan fingerprint density at radius 2 is 1.56 bits per heavy atom. The SMILES string of the molecule is C=CCO[C@@]12Oc3ccc(Oc4ccc5ccccc5c4)cc3[C@H]3[C@H](CCCCO)[C@@H](CCCCO)C=C(C(=NOC4CCCCO4)C[C@@H]1N(CCOCCO)C(=O)OCCCCCCCCCCCC)[C@H]32. The summed E-state index contributed by atoms with van der Waals surface area (Å²) in [4.78, 5) is 22.9. The van der Waals surface area contributed by atoms with Crippen molar-refractivity contribution in [3.63, 3.8) is 0 Å². The zero-order valence-corrected chi connectivity index (χ0v) is 43.1. The van der Waals surface area contributed by atoms with Crippen molar-refractivity contribution in [3.05, 3.63) is 90.5 Å². The maximum atomic E-state index is 14.9. The first-order valence-corrected chi connectivity index (χ1v) is 27.6. The molecule has 0 aromatic heterocycles. The van der Waals surface area contributed by atoms with Crippen molar-refractivity contribution < 1.29 is 53.4 Å². The molecule has 2 heterocycles.